The third-order valence-electron chi connectivity index (χ3n) is 5.16. The van der Waals surface area contributed by atoms with E-state index in [1.54, 1.807) is 12.2 Å². The molecule has 0 aromatic rings. The Hall–Kier alpha value is -1.40. The normalized spacial score (nSPS) is 34.5. The monoisotopic (exact) mass is 368 g/mol. The van der Waals surface area contributed by atoms with E-state index >= 15 is 0 Å². The molecule has 6 atom stereocenters. The second-order valence-electron chi connectivity index (χ2n) is 7.81. The molecule has 0 saturated heterocycles. The van der Waals surface area contributed by atoms with Crippen LogP contribution >= 0.6 is 0 Å². The van der Waals surface area contributed by atoms with E-state index in [0.29, 0.717) is 17.8 Å². The molecule has 0 bridgehead atoms. The molecule has 0 aromatic carbocycles. The molecule has 0 radical (unpaired) electrons. The molecule has 1 aliphatic heterocycles. The average molecular weight is 368 g/mol. The van der Waals surface area contributed by atoms with Crippen molar-refractivity contribution in [2.75, 3.05) is 6.61 Å². The first-order valence-electron chi connectivity index (χ1n) is 9.56. The minimum Gasteiger partial charge on any atom is -0.463 e. The van der Waals surface area contributed by atoms with Crippen molar-refractivity contribution in [3.63, 3.8) is 0 Å². The summed E-state index contributed by atoms with van der Waals surface area (Å²) in [6, 6.07) is 0. The number of hydrogen-bond acceptors (Lipinski definition) is 6. The van der Waals surface area contributed by atoms with Gasteiger partial charge < -0.3 is 18.9 Å². The van der Waals surface area contributed by atoms with E-state index in [-0.39, 0.29) is 12.7 Å². The summed E-state index contributed by atoms with van der Waals surface area (Å²) in [5, 5.41) is 0. The summed E-state index contributed by atoms with van der Waals surface area (Å²) >= 11 is 0. The van der Waals surface area contributed by atoms with E-state index in [4.69, 9.17) is 18.9 Å². The lowest BCUT2D eigenvalue weighted by Crippen LogP contribution is -2.44. The third-order valence-corrected chi connectivity index (χ3v) is 5.16. The van der Waals surface area contributed by atoms with E-state index < -0.39 is 30.4 Å². The Labute approximate surface area is 156 Å². The summed E-state index contributed by atoms with van der Waals surface area (Å²) in [6.07, 6.45) is 5.40. The van der Waals surface area contributed by atoms with Crippen molar-refractivity contribution in [2.24, 2.45) is 17.8 Å². The van der Waals surface area contributed by atoms with Crippen molar-refractivity contribution in [2.45, 2.75) is 78.5 Å². The predicted molar refractivity (Wildman–Crippen MR) is 96.2 cm³/mol. The summed E-state index contributed by atoms with van der Waals surface area (Å²) in [4.78, 5) is 22.4. The number of hydrogen-bond donors (Lipinski definition) is 0. The standard InChI is InChI=1S/C20H32O6/c1-12(2)16-7-6-13(3)10-18(16)25-20-9-8-17(24-15(5)22)19(26-20)11-23-14(4)21/h8-9,12-13,16-20H,6-7,10-11H2,1-5H3/t13-,16+,17+,18-,19?,20+/m1/s1. The number of carbonyl (C=O) groups is 2. The first-order valence-corrected chi connectivity index (χ1v) is 9.56. The molecule has 1 aliphatic carbocycles. The molecular formula is C20H32O6. The molecular weight excluding hydrogens is 336 g/mol. The molecule has 1 heterocycles. The fourth-order valence-electron chi connectivity index (χ4n) is 3.78. The van der Waals surface area contributed by atoms with Gasteiger partial charge in [0.1, 0.15) is 18.8 Å². The second kappa shape index (κ2) is 9.51. The van der Waals surface area contributed by atoms with Gasteiger partial charge in [0.15, 0.2) is 6.29 Å². The first-order chi connectivity index (χ1) is 12.3. The fourth-order valence-corrected chi connectivity index (χ4v) is 3.78. The van der Waals surface area contributed by atoms with Gasteiger partial charge in [-0.3, -0.25) is 9.59 Å². The van der Waals surface area contributed by atoms with Crippen LogP contribution in [0.15, 0.2) is 12.2 Å². The lowest BCUT2D eigenvalue weighted by atomic mass is 9.75. The molecule has 148 valence electrons. The molecule has 6 heteroatoms. The third kappa shape index (κ3) is 6.09. The van der Waals surface area contributed by atoms with Crippen LogP contribution in [0.1, 0.15) is 53.9 Å². The van der Waals surface area contributed by atoms with Crippen LogP contribution in [0.2, 0.25) is 0 Å². The van der Waals surface area contributed by atoms with E-state index in [1.165, 1.54) is 20.3 Å². The van der Waals surface area contributed by atoms with E-state index in [0.717, 1.165) is 12.8 Å². The van der Waals surface area contributed by atoms with E-state index in [9.17, 15) is 9.59 Å². The molecule has 1 fully saturated rings. The minimum atomic E-state index is -0.585. The Balaban J connectivity index is 2.03. The summed E-state index contributed by atoms with van der Waals surface area (Å²) < 4.78 is 22.5. The van der Waals surface area contributed by atoms with Gasteiger partial charge in [-0.05, 0) is 42.7 Å². The molecule has 2 aliphatic rings. The molecule has 1 unspecified atom stereocenters. The molecule has 26 heavy (non-hydrogen) atoms. The second-order valence-corrected chi connectivity index (χ2v) is 7.81. The van der Waals surface area contributed by atoms with Gasteiger partial charge in [0.2, 0.25) is 0 Å². The van der Waals surface area contributed by atoms with Gasteiger partial charge >= 0.3 is 11.9 Å². The smallest absolute Gasteiger partial charge is 0.303 e. The zero-order valence-electron chi connectivity index (χ0n) is 16.5. The molecule has 6 nitrogen and oxygen atoms in total. The Morgan fingerprint density at radius 1 is 1.15 bits per heavy atom. The van der Waals surface area contributed by atoms with E-state index in [2.05, 4.69) is 20.8 Å². The largest absolute Gasteiger partial charge is 0.463 e. The van der Waals surface area contributed by atoms with Crippen LogP contribution in [-0.4, -0.2) is 43.1 Å². The fraction of sp³-hybridized carbons (Fsp3) is 0.800. The highest BCUT2D eigenvalue weighted by Crippen LogP contribution is 2.36. The Morgan fingerprint density at radius 2 is 1.88 bits per heavy atom. The van der Waals surface area contributed by atoms with Crippen LogP contribution in [0, 0.1) is 17.8 Å². The van der Waals surface area contributed by atoms with Gasteiger partial charge in [-0.25, -0.2) is 0 Å². The number of carbonyl (C=O) groups excluding carboxylic acids is 2. The maximum Gasteiger partial charge on any atom is 0.303 e. The molecule has 0 amide bonds. The lowest BCUT2D eigenvalue weighted by molar-refractivity contribution is -0.222. The number of ether oxygens (including phenoxy) is 4. The topological polar surface area (TPSA) is 71.1 Å². The van der Waals surface area contributed by atoms with Crippen LogP contribution < -0.4 is 0 Å². The van der Waals surface area contributed by atoms with Gasteiger partial charge in [0.05, 0.1) is 6.10 Å². The van der Waals surface area contributed by atoms with Crippen LogP contribution in [0.25, 0.3) is 0 Å². The number of rotatable bonds is 6. The lowest BCUT2D eigenvalue weighted by Gasteiger charge is -2.40. The highest BCUT2D eigenvalue weighted by atomic mass is 16.7. The average Bonchev–Trinajstić information content (AvgIpc) is 2.54. The summed E-state index contributed by atoms with van der Waals surface area (Å²) in [5.74, 6) is 0.875. The maximum absolute atomic E-state index is 11.3. The summed E-state index contributed by atoms with van der Waals surface area (Å²) in [6.45, 7) is 9.42. The van der Waals surface area contributed by atoms with Crippen molar-refractivity contribution in [1.82, 2.24) is 0 Å². The van der Waals surface area contributed by atoms with Gasteiger partial charge in [0.25, 0.3) is 0 Å². The van der Waals surface area contributed by atoms with Crippen molar-refractivity contribution in [3.8, 4) is 0 Å². The molecule has 0 spiro atoms. The number of esters is 2. The van der Waals surface area contributed by atoms with Crippen molar-refractivity contribution in [1.29, 1.82) is 0 Å². The van der Waals surface area contributed by atoms with Gasteiger partial charge in [0, 0.05) is 13.8 Å². The van der Waals surface area contributed by atoms with Crippen LogP contribution in [0.5, 0.6) is 0 Å². The molecule has 0 N–H and O–H groups in total. The highest BCUT2D eigenvalue weighted by Gasteiger charge is 2.36. The predicted octanol–water partition coefficient (Wildman–Crippen LogP) is 3.24. The zero-order chi connectivity index (χ0) is 19.3. The minimum absolute atomic E-state index is 0.0200. The first kappa shape index (κ1) is 20.9. The molecule has 1 saturated carbocycles. The van der Waals surface area contributed by atoms with Crippen LogP contribution in [-0.2, 0) is 28.5 Å². The summed E-state index contributed by atoms with van der Waals surface area (Å²) in [7, 11) is 0. The van der Waals surface area contributed by atoms with Crippen LogP contribution in [0.3, 0.4) is 0 Å². The summed E-state index contributed by atoms with van der Waals surface area (Å²) in [5.41, 5.74) is 0. The molecule has 0 aromatic heterocycles. The van der Waals surface area contributed by atoms with Crippen molar-refractivity contribution >= 4 is 11.9 Å². The van der Waals surface area contributed by atoms with Crippen molar-refractivity contribution < 1.29 is 28.5 Å². The van der Waals surface area contributed by atoms with Gasteiger partial charge in [-0.2, -0.15) is 0 Å². The van der Waals surface area contributed by atoms with Crippen molar-refractivity contribution in [3.05, 3.63) is 12.2 Å². The Bertz CT molecular complexity index is 514. The SMILES string of the molecule is CC(=O)OCC1O[C@H](O[C@@H]2C[C@H](C)CC[C@H]2C(C)C)C=C[C@@H]1OC(C)=O. The van der Waals surface area contributed by atoms with Crippen LogP contribution in [0.4, 0.5) is 0 Å². The quantitative estimate of drug-likeness (QED) is 0.529. The maximum atomic E-state index is 11.3. The Morgan fingerprint density at radius 3 is 2.50 bits per heavy atom. The molecule has 2 rings (SSSR count). The Kier molecular flexibility index (Phi) is 7.65. The van der Waals surface area contributed by atoms with Gasteiger partial charge in [-0.1, -0.05) is 27.2 Å². The van der Waals surface area contributed by atoms with E-state index in [1.807, 2.05) is 0 Å². The zero-order valence-corrected chi connectivity index (χ0v) is 16.5. The highest BCUT2D eigenvalue weighted by molar-refractivity contribution is 5.66. The van der Waals surface area contributed by atoms with Gasteiger partial charge in [-0.15, -0.1) is 0 Å².